The highest BCUT2D eigenvalue weighted by Gasteiger charge is 2.25. The third-order valence-electron chi connectivity index (χ3n) is 2.39. The van der Waals surface area contributed by atoms with Crippen LogP contribution in [0.5, 0.6) is 0 Å². The van der Waals surface area contributed by atoms with Gasteiger partial charge in [-0.05, 0) is 20.8 Å². The smallest absolute Gasteiger partial charge is 0.328 e. The molecule has 1 rings (SSSR count). The molecule has 0 aliphatic rings. The number of carboxylic acids is 1. The fourth-order valence-electron chi connectivity index (χ4n) is 1.40. The van der Waals surface area contributed by atoms with Gasteiger partial charge >= 0.3 is 12.0 Å². The second-order valence-corrected chi connectivity index (χ2v) is 5.11. The van der Waals surface area contributed by atoms with Gasteiger partial charge in [0.2, 0.25) is 0 Å². The maximum absolute atomic E-state index is 11.6. The minimum Gasteiger partial charge on any atom is -0.480 e. The van der Waals surface area contributed by atoms with Crippen LogP contribution in [0.15, 0.2) is 5.38 Å². The molecule has 1 aromatic heterocycles. The van der Waals surface area contributed by atoms with E-state index in [1.54, 1.807) is 6.92 Å². The zero-order valence-electron chi connectivity index (χ0n) is 10.9. The van der Waals surface area contributed by atoms with Crippen LogP contribution in [0.4, 0.5) is 4.79 Å². The third kappa shape index (κ3) is 4.49. The first-order valence-electron chi connectivity index (χ1n) is 5.71. The number of hydrogen-bond acceptors (Lipinski definition) is 5. The molecule has 0 saturated heterocycles. The molecule has 3 atom stereocenters. The Labute approximate surface area is 114 Å². The average Bonchev–Trinajstić information content (AvgIpc) is 2.72. The predicted molar refractivity (Wildman–Crippen MR) is 70.0 cm³/mol. The van der Waals surface area contributed by atoms with Crippen LogP contribution >= 0.6 is 11.3 Å². The lowest BCUT2D eigenvalue weighted by molar-refractivity contribution is -0.141. The highest BCUT2D eigenvalue weighted by Crippen LogP contribution is 2.17. The van der Waals surface area contributed by atoms with Crippen LogP contribution < -0.4 is 10.6 Å². The average molecular weight is 287 g/mol. The van der Waals surface area contributed by atoms with Crippen LogP contribution in [-0.2, 0) is 4.79 Å². The second-order valence-electron chi connectivity index (χ2n) is 4.22. The molecule has 106 valence electrons. The standard InChI is InChI=1S/C11H17N3O4S/c1-5-4-19-9(12-5)6(2)13-11(18)14-8(7(3)15)10(16)17/h4,6-8,15H,1-3H3,(H,16,17)(H2,13,14,18)/t6?,7-,8+/m1/s1. The number of nitrogens with zero attached hydrogens (tertiary/aromatic N) is 1. The SMILES string of the molecule is Cc1csc(C(C)NC(=O)N[C@H](C(=O)O)[C@@H](C)O)n1. The van der Waals surface area contributed by atoms with Gasteiger partial charge in [-0.3, -0.25) is 0 Å². The van der Waals surface area contributed by atoms with Gasteiger partial charge in [-0.2, -0.15) is 0 Å². The predicted octanol–water partition coefficient (Wildman–Crippen LogP) is 0.646. The molecule has 7 nitrogen and oxygen atoms in total. The van der Waals surface area contributed by atoms with Crippen molar-refractivity contribution in [3.63, 3.8) is 0 Å². The van der Waals surface area contributed by atoms with Gasteiger partial charge in [-0.15, -0.1) is 11.3 Å². The first-order chi connectivity index (χ1) is 8.81. The van der Waals surface area contributed by atoms with Crippen molar-refractivity contribution in [2.45, 2.75) is 39.0 Å². The molecule has 0 aliphatic heterocycles. The second kappa shape index (κ2) is 6.48. The number of rotatable bonds is 5. The summed E-state index contributed by atoms with van der Waals surface area (Å²) in [6.07, 6.45) is -1.18. The topological polar surface area (TPSA) is 112 Å². The molecule has 4 N–H and O–H groups in total. The molecular formula is C11H17N3O4S. The van der Waals surface area contributed by atoms with E-state index < -0.39 is 24.1 Å². The number of aliphatic hydroxyl groups is 1. The van der Waals surface area contributed by atoms with Crippen molar-refractivity contribution in [1.82, 2.24) is 15.6 Å². The van der Waals surface area contributed by atoms with Crippen molar-refractivity contribution in [2.75, 3.05) is 0 Å². The van der Waals surface area contributed by atoms with Gasteiger partial charge in [-0.25, -0.2) is 14.6 Å². The molecule has 1 heterocycles. The largest absolute Gasteiger partial charge is 0.480 e. The summed E-state index contributed by atoms with van der Waals surface area (Å²) in [5, 5.41) is 25.5. The molecule has 0 aromatic carbocycles. The maximum atomic E-state index is 11.6. The van der Waals surface area contributed by atoms with Crippen molar-refractivity contribution in [1.29, 1.82) is 0 Å². The van der Waals surface area contributed by atoms with E-state index in [9.17, 15) is 14.7 Å². The summed E-state index contributed by atoms with van der Waals surface area (Å²) in [6.45, 7) is 4.89. The van der Waals surface area contributed by atoms with E-state index in [1.165, 1.54) is 18.3 Å². The molecule has 1 unspecified atom stereocenters. The fourth-order valence-corrected chi connectivity index (χ4v) is 2.20. The van der Waals surface area contributed by atoms with Gasteiger partial charge in [0.1, 0.15) is 5.01 Å². The molecule has 2 amide bonds. The van der Waals surface area contributed by atoms with Crippen molar-refractivity contribution in [3.05, 3.63) is 16.1 Å². The van der Waals surface area contributed by atoms with Crippen LogP contribution in [0.2, 0.25) is 0 Å². The molecule has 8 heteroatoms. The number of nitrogens with one attached hydrogen (secondary N) is 2. The quantitative estimate of drug-likeness (QED) is 0.635. The Morgan fingerprint density at radius 3 is 2.42 bits per heavy atom. The number of thiazole rings is 1. The van der Waals surface area contributed by atoms with E-state index in [0.717, 1.165) is 10.7 Å². The van der Waals surface area contributed by atoms with Gasteiger partial charge in [-0.1, -0.05) is 0 Å². The lowest BCUT2D eigenvalue weighted by atomic mass is 10.2. The number of aromatic nitrogens is 1. The number of aryl methyl sites for hydroxylation is 1. The molecule has 1 aromatic rings. The molecule has 0 radical (unpaired) electrons. The lowest BCUT2D eigenvalue weighted by Crippen LogP contribution is -2.51. The van der Waals surface area contributed by atoms with E-state index in [2.05, 4.69) is 15.6 Å². The van der Waals surface area contributed by atoms with E-state index in [1.807, 2.05) is 12.3 Å². The number of amides is 2. The summed E-state index contributed by atoms with van der Waals surface area (Å²) < 4.78 is 0. The monoisotopic (exact) mass is 287 g/mol. The van der Waals surface area contributed by atoms with Gasteiger partial charge in [0.15, 0.2) is 6.04 Å². The first kappa shape index (κ1) is 15.4. The van der Waals surface area contributed by atoms with Crippen molar-refractivity contribution < 1.29 is 19.8 Å². The molecule has 0 spiro atoms. The highest BCUT2D eigenvalue weighted by atomic mass is 32.1. The maximum Gasteiger partial charge on any atom is 0.328 e. The summed E-state index contributed by atoms with van der Waals surface area (Å²) in [4.78, 5) is 26.7. The molecule has 0 saturated carbocycles. The minimum absolute atomic E-state index is 0.331. The van der Waals surface area contributed by atoms with E-state index in [0.29, 0.717) is 0 Å². The lowest BCUT2D eigenvalue weighted by Gasteiger charge is -2.19. The van der Waals surface area contributed by atoms with Crippen LogP contribution in [-0.4, -0.2) is 39.3 Å². The molecule has 0 fully saturated rings. The van der Waals surface area contributed by atoms with Gasteiger partial charge < -0.3 is 20.8 Å². The molecule has 19 heavy (non-hydrogen) atoms. The fraction of sp³-hybridized carbons (Fsp3) is 0.545. The van der Waals surface area contributed by atoms with E-state index >= 15 is 0 Å². The Hall–Kier alpha value is -1.67. The minimum atomic E-state index is -1.34. The first-order valence-corrected chi connectivity index (χ1v) is 6.59. The summed E-state index contributed by atoms with van der Waals surface area (Å²) in [7, 11) is 0. The van der Waals surface area contributed by atoms with Gasteiger partial charge in [0.05, 0.1) is 12.1 Å². The molecule has 0 bridgehead atoms. The Balaban J connectivity index is 2.57. The number of aliphatic carboxylic acids is 1. The summed E-state index contributed by atoms with van der Waals surface area (Å²) in [5.74, 6) is -1.29. The Morgan fingerprint density at radius 1 is 1.37 bits per heavy atom. The number of hydrogen-bond donors (Lipinski definition) is 4. The zero-order valence-corrected chi connectivity index (χ0v) is 11.7. The van der Waals surface area contributed by atoms with Crippen LogP contribution in [0, 0.1) is 6.92 Å². The zero-order chi connectivity index (χ0) is 14.6. The van der Waals surface area contributed by atoms with Crippen LogP contribution in [0.3, 0.4) is 0 Å². The summed E-state index contributed by atoms with van der Waals surface area (Å²) in [5.41, 5.74) is 0.862. The van der Waals surface area contributed by atoms with Gasteiger partial charge in [0, 0.05) is 11.1 Å². The van der Waals surface area contributed by atoms with Crippen molar-refractivity contribution in [2.24, 2.45) is 0 Å². The van der Waals surface area contributed by atoms with Crippen LogP contribution in [0.1, 0.15) is 30.6 Å². The van der Waals surface area contributed by atoms with Crippen molar-refractivity contribution >= 4 is 23.3 Å². The Bertz CT molecular complexity index is 461. The number of aliphatic hydroxyl groups excluding tert-OH is 1. The Morgan fingerprint density at radius 2 is 2.00 bits per heavy atom. The Kier molecular flexibility index (Phi) is 5.25. The number of carboxylic acid groups (broad SMARTS) is 1. The van der Waals surface area contributed by atoms with E-state index in [4.69, 9.17) is 5.11 Å². The number of carbonyl (C=O) groups excluding carboxylic acids is 1. The van der Waals surface area contributed by atoms with Crippen LogP contribution in [0.25, 0.3) is 0 Å². The summed E-state index contributed by atoms with van der Waals surface area (Å²) >= 11 is 1.41. The summed E-state index contributed by atoms with van der Waals surface area (Å²) in [6, 6.07) is -2.33. The third-order valence-corrected chi connectivity index (χ3v) is 3.54. The number of carbonyl (C=O) groups is 2. The van der Waals surface area contributed by atoms with Crippen molar-refractivity contribution in [3.8, 4) is 0 Å². The van der Waals surface area contributed by atoms with E-state index in [-0.39, 0.29) is 6.04 Å². The molecule has 0 aliphatic carbocycles. The number of urea groups is 1. The highest BCUT2D eigenvalue weighted by molar-refractivity contribution is 7.09. The van der Waals surface area contributed by atoms with Gasteiger partial charge in [0.25, 0.3) is 0 Å². The normalized spacial score (nSPS) is 15.4. The molecular weight excluding hydrogens is 270 g/mol.